The van der Waals surface area contributed by atoms with E-state index >= 15 is 0 Å². The Morgan fingerprint density at radius 1 is 1.35 bits per heavy atom. The number of guanidine groups is 1. The van der Waals surface area contributed by atoms with Crippen molar-refractivity contribution in [1.82, 2.24) is 10.2 Å². The smallest absolute Gasteiger partial charge is 0.193 e. The lowest BCUT2D eigenvalue weighted by Gasteiger charge is -2.39. The van der Waals surface area contributed by atoms with Gasteiger partial charge in [-0.25, -0.2) is 0 Å². The third-order valence-corrected chi connectivity index (χ3v) is 4.05. The van der Waals surface area contributed by atoms with Gasteiger partial charge in [0.15, 0.2) is 5.96 Å². The summed E-state index contributed by atoms with van der Waals surface area (Å²) in [6.45, 7) is 5.35. The van der Waals surface area contributed by atoms with Crippen LogP contribution in [-0.2, 0) is 11.3 Å². The quantitative estimate of drug-likeness (QED) is 0.639. The van der Waals surface area contributed by atoms with Gasteiger partial charge in [0, 0.05) is 44.2 Å². The normalized spacial score (nSPS) is 16.5. The number of rotatable bonds is 6. The molecule has 0 bridgehead atoms. The van der Waals surface area contributed by atoms with E-state index in [1.54, 1.807) is 21.3 Å². The van der Waals surface area contributed by atoms with E-state index in [1.807, 2.05) is 25.2 Å². The van der Waals surface area contributed by atoms with Crippen molar-refractivity contribution in [3.05, 3.63) is 23.8 Å². The first-order valence-electron chi connectivity index (χ1n) is 7.72. The Morgan fingerprint density at radius 3 is 2.61 bits per heavy atom. The van der Waals surface area contributed by atoms with Gasteiger partial charge in [0.25, 0.3) is 0 Å². The van der Waals surface area contributed by atoms with Crippen molar-refractivity contribution in [3.8, 4) is 11.5 Å². The van der Waals surface area contributed by atoms with E-state index in [1.165, 1.54) is 0 Å². The molecule has 1 heterocycles. The Kier molecular flexibility index (Phi) is 5.71. The molecule has 0 radical (unpaired) electrons. The summed E-state index contributed by atoms with van der Waals surface area (Å²) in [5.41, 5.74) is 1.28. The van der Waals surface area contributed by atoms with Crippen molar-refractivity contribution in [2.75, 3.05) is 48.1 Å². The van der Waals surface area contributed by atoms with Crippen molar-refractivity contribution >= 4 is 5.96 Å². The Morgan fingerprint density at radius 2 is 2.09 bits per heavy atom. The summed E-state index contributed by atoms with van der Waals surface area (Å²) in [5, 5.41) is 3.42. The number of nitrogens with one attached hydrogen (secondary N) is 1. The molecule has 0 spiro atoms. The summed E-state index contributed by atoms with van der Waals surface area (Å²) < 4.78 is 16.0. The second kappa shape index (κ2) is 7.55. The molecule has 1 aliphatic rings. The molecular weight excluding hydrogens is 294 g/mol. The van der Waals surface area contributed by atoms with Crippen molar-refractivity contribution in [2.24, 2.45) is 10.4 Å². The average molecular weight is 321 g/mol. The van der Waals surface area contributed by atoms with Gasteiger partial charge in [-0.15, -0.1) is 0 Å². The molecular formula is C17H27N3O3. The van der Waals surface area contributed by atoms with Crippen LogP contribution in [0.25, 0.3) is 0 Å². The molecule has 0 atom stereocenters. The van der Waals surface area contributed by atoms with Crippen LogP contribution in [0.3, 0.4) is 0 Å². The molecule has 1 fully saturated rings. The average Bonchev–Trinajstić information content (AvgIpc) is 2.54. The molecule has 0 amide bonds. The summed E-state index contributed by atoms with van der Waals surface area (Å²) in [4.78, 5) is 6.44. The van der Waals surface area contributed by atoms with Crippen LogP contribution in [0.15, 0.2) is 23.2 Å². The Hall–Kier alpha value is -1.95. The van der Waals surface area contributed by atoms with Gasteiger partial charge in [-0.05, 0) is 12.1 Å². The van der Waals surface area contributed by atoms with Gasteiger partial charge in [0.2, 0.25) is 0 Å². The highest BCUT2D eigenvalue weighted by Crippen LogP contribution is 2.26. The lowest BCUT2D eigenvalue weighted by molar-refractivity contribution is -0.0972. The number of benzene rings is 1. The second-order valence-electron chi connectivity index (χ2n) is 6.24. The molecule has 2 rings (SSSR count). The van der Waals surface area contributed by atoms with Crippen LogP contribution in [0.4, 0.5) is 0 Å². The maximum atomic E-state index is 5.46. The first kappa shape index (κ1) is 17.4. The number of hydrogen-bond donors (Lipinski definition) is 1. The van der Waals surface area contributed by atoms with Crippen LogP contribution >= 0.6 is 0 Å². The topological polar surface area (TPSA) is 55.3 Å². The molecule has 128 valence electrons. The molecule has 0 aliphatic carbocycles. The maximum Gasteiger partial charge on any atom is 0.193 e. The van der Waals surface area contributed by atoms with E-state index in [0.717, 1.165) is 42.8 Å². The van der Waals surface area contributed by atoms with Crippen molar-refractivity contribution < 1.29 is 14.2 Å². The monoisotopic (exact) mass is 321 g/mol. The number of nitrogens with zero attached hydrogens (tertiary/aromatic N) is 2. The number of methoxy groups -OCH3 is 2. The first-order chi connectivity index (χ1) is 11.0. The van der Waals surface area contributed by atoms with E-state index in [-0.39, 0.29) is 5.41 Å². The van der Waals surface area contributed by atoms with Crippen molar-refractivity contribution in [3.63, 3.8) is 0 Å². The highest BCUT2D eigenvalue weighted by Gasteiger charge is 2.33. The molecule has 1 aromatic carbocycles. The van der Waals surface area contributed by atoms with Gasteiger partial charge in [-0.1, -0.05) is 6.92 Å². The predicted molar refractivity (Wildman–Crippen MR) is 91.3 cm³/mol. The summed E-state index contributed by atoms with van der Waals surface area (Å²) >= 11 is 0. The molecule has 1 saturated heterocycles. The minimum Gasteiger partial charge on any atom is -0.497 e. The van der Waals surface area contributed by atoms with Crippen molar-refractivity contribution in [1.29, 1.82) is 0 Å². The SMILES string of the molecule is CN=C(NCC1(C)COC1)N(C)Cc1ccc(OC)cc1OC. The molecule has 1 aliphatic heterocycles. The standard InChI is InChI=1S/C17H27N3O3/c1-17(11-23-12-17)10-19-16(18-2)20(3)9-13-6-7-14(21-4)8-15(13)22-5/h6-8H,9-12H2,1-5H3,(H,18,19). The maximum absolute atomic E-state index is 5.46. The van der Waals surface area contributed by atoms with Crippen LogP contribution in [0, 0.1) is 5.41 Å². The summed E-state index contributed by atoms with van der Waals surface area (Å²) in [6, 6.07) is 5.85. The fourth-order valence-corrected chi connectivity index (χ4v) is 2.54. The number of aliphatic imine (C=N–C) groups is 1. The lowest BCUT2D eigenvalue weighted by Crippen LogP contribution is -2.51. The third kappa shape index (κ3) is 4.28. The highest BCUT2D eigenvalue weighted by molar-refractivity contribution is 5.79. The minimum absolute atomic E-state index is 0.203. The molecule has 1 aromatic rings. The molecule has 23 heavy (non-hydrogen) atoms. The Labute approximate surface area is 138 Å². The summed E-state index contributed by atoms with van der Waals surface area (Å²) in [5.74, 6) is 2.45. The van der Waals surface area contributed by atoms with E-state index in [0.29, 0.717) is 6.54 Å². The Balaban J connectivity index is 2.00. The van der Waals surface area contributed by atoms with Gasteiger partial charge in [-0.2, -0.15) is 0 Å². The van der Waals surface area contributed by atoms with E-state index in [2.05, 4.69) is 22.1 Å². The lowest BCUT2D eigenvalue weighted by atomic mass is 9.89. The first-order valence-corrected chi connectivity index (χ1v) is 7.72. The zero-order chi connectivity index (χ0) is 16.9. The molecule has 0 unspecified atom stereocenters. The second-order valence-corrected chi connectivity index (χ2v) is 6.24. The Bertz CT molecular complexity index is 556. The van der Waals surface area contributed by atoms with Gasteiger partial charge in [0.1, 0.15) is 11.5 Å². The van der Waals surface area contributed by atoms with Gasteiger partial charge >= 0.3 is 0 Å². The fraction of sp³-hybridized carbons (Fsp3) is 0.588. The fourth-order valence-electron chi connectivity index (χ4n) is 2.54. The zero-order valence-electron chi connectivity index (χ0n) is 14.7. The predicted octanol–water partition coefficient (Wildman–Crippen LogP) is 1.75. The van der Waals surface area contributed by atoms with Crippen LogP contribution in [0.2, 0.25) is 0 Å². The molecule has 1 N–H and O–H groups in total. The molecule has 6 heteroatoms. The van der Waals surface area contributed by atoms with Crippen LogP contribution in [0.1, 0.15) is 12.5 Å². The molecule has 6 nitrogen and oxygen atoms in total. The third-order valence-electron chi connectivity index (χ3n) is 4.05. The van der Waals surface area contributed by atoms with Crippen LogP contribution < -0.4 is 14.8 Å². The highest BCUT2D eigenvalue weighted by atomic mass is 16.5. The summed E-state index contributed by atoms with van der Waals surface area (Å²) in [6.07, 6.45) is 0. The van der Waals surface area contributed by atoms with Crippen molar-refractivity contribution in [2.45, 2.75) is 13.5 Å². The van der Waals surface area contributed by atoms with E-state index in [4.69, 9.17) is 14.2 Å². The zero-order valence-corrected chi connectivity index (χ0v) is 14.7. The molecule has 0 saturated carbocycles. The molecule has 0 aromatic heterocycles. The summed E-state index contributed by atoms with van der Waals surface area (Å²) in [7, 11) is 7.13. The minimum atomic E-state index is 0.203. The van der Waals surface area contributed by atoms with Gasteiger partial charge in [0.05, 0.1) is 27.4 Å². The van der Waals surface area contributed by atoms with Gasteiger partial charge in [-0.3, -0.25) is 4.99 Å². The number of hydrogen-bond acceptors (Lipinski definition) is 4. The van der Waals surface area contributed by atoms with E-state index < -0.39 is 0 Å². The van der Waals surface area contributed by atoms with Crippen LogP contribution in [0.5, 0.6) is 11.5 Å². The van der Waals surface area contributed by atoms with Crippen LogP contribution in [-0.4, -0.2) is 58.9 Å². The van der Waals surface area contributed by atoms with E-state index in [9.17, 15) is 0 Å². The largest absolute Gasteiger partial charge is 0.497 e. The van der Waals surface area contributed by atoms with Gasteiger partial charge < -0.3 is 24.4 Å². The number of ether oxygens (including phenoxy) is 3.